The standard InChI is InChI=1S/C16H17BrS/c1-12(2)14-5-9-16(10-6-14)18-11-13-3-7-15(17)8-4-13/h3-10,12H,11H2,1-2H3. The van der Waals surface area contributed by atoms with Gasteiger partial charge in [-0.2, -0.15) is 0 Å². The number of halogens is 1. The molecule has 0 N–H and O–H groups in total. The molecule has 2 aromatic rings. The quantitative estimate of drug-likeness (QED) is 0.635. The summed E-state index contributed by atoms with van der Waals surface area (Å²) in [5.41, 5.74) is 2.76. The summed E-state index contributed by atoms with van der Waals surface area (Å²) in [7, 11) is 0. The van der Waals surface area contributed by atoms with Crippen molar-refractivity contribution >= 4 is 27.7 Å². The van der Waals surface area contributed by atoms with Crippen molar-refractivity contribution < 1.29 is 0 Å². The highest BCUT2D eigenvalue weighted by Gasteiger charge is 2.00. The van der Waals surface area contributed by atoms with E-state index in [0.29, 0.717) is 5.92 Å². The maximum atomic E-state index is 3.46. The Labute approximate surface area is 122 Å². The topological polar surface area (TPSA) is 0 Å². The zero-order valence-electron chi connectivity index (χ0n) is 10.7. The van der Waals surface area contributed by atoms with Gasteiger partial charge in [-0.05, 0) is 41.3 Å². The first-order valence-electron chi connectivity index (χ1n) is 6.12. The summed E-state index contributed by atoms with van der Waals surface area (Å²) in [6.45, 7) is 4.45. The molecule has 2 aromatic carbocycles. The van der Waals surface area contributed by atoms with Crippen molar-refractivity contribution in [2.75, 3.05) is 0 Å². The van der Waals surface area contributed by atoms with Crippen LogP contribution < -0.4 is 0 Å². The Morgan fingerprint density at radius 2 is 1.56 bits per heavy atom. The Balaban J connectivity index is 1.95. The van der Waals surface area contributed by atoms with E-state index < -0.39 is 0 Å². The third kappa shape index (κ3) is 3.89. The van der Waals surface area contributed by atoms with Gasteiger partial charge in [0.05, 0.1) is 0 Å². The first kappa shape index (κ1) is 13.7. The second-order valence-electron chi connectivity index (χ2n) is 4.64. The van der Waals surface area contributed by atoms with Crippen molar-refractivity contribution in [3.8, 4) is 0 Å². The Hall–Kier alpha value is -0.730. The summed E-state index contributed by atoms with van der Waals surface area (Å²) in [5, 5.41) is 0. The van der Waals surface area contributed by atoms with Crippen LogP contribution in [0.15, 0.2) is 57.9 Å². The molecule has 0 aliphatic carbocycles. The van der Waals surface area contributed by atoms with Crippen LogP contribution in [0.2, 0.25) is 0 Å². The van der Waals surface area contributed by atoms with Gasteiger partial charge in [-0.3, -0.25) is 0 Å². The minimum atomic E-state index is 0.607. The maximum absolute atomic E-state index is 3.46. The predicted octanol–water partition coefficient (Wildman–Crippen LogP) is 5.86. The molecule has 2 rings (SSSR count). The SMILES string of the molecule is CC(C)c1ccc(SCc2ccc(Br)cc2)cc1. The van der Waals surface area contributed by atoms with Gasteiger partial charge in [-0.1, -0.05) is 54.0 Å². The fourth-order valence-electron chi connectivity index (χ4n) is 1.70. The number of rotatable bonds is 4. The van der Waals surface area contributed by atoms with Crippen LogP contribution in [0.25, 0.3) is 0 Å². The van der Waals surface area contributed by atoms with Gasteiger partial charge in [0, 0.05) is 15.1 Å². The molecule has 0 bridgehead atoms. The maximum Gasteiger partial charge on any atom is 0.0232 e. The lowest BCUT2D eigenvalue weighted by molar-refractivity contribution is 0.865. The van der Waals surface area contributed by atoms with Crippen molar-refractivity contribution in [3.63, 3.8) is 0 Å². The fourth-order valence-corrected chi connectivity index (χ4v) is 2.81. The molecule has 0 fully saturated rings. The number of hydrogen-bond donors (Lipinski definition) is 0. The zero-order chi connectivity index (χ0) is 13.0. The second kappa shape index (κ2) is 6.44. The largest absolute Gasteiger partial charge is 0.121 e. The van der Waals surface area contributed by atoms with E-state index in [1.165, 1.54) is 16.0 Å². The van der Waals surface area contributed by atoms with Crippen LogP contribution in [0.4, 0.5) is 0 Å². The predicted molar refractivity (Wildman–Crippen MR) is 84.2 cm³/mol. The lowest BCUT2D eigenvalue weighted by Gasteiger charge is -2.07. The first-order chi connectivity index (χ1) is 8.65. The summed E-state index contributed by atoms with van der Waals surface area (Å²) < 4.78 is 1.14. The van der Waals surface area contributed by atoms with Crippen LogP contribution in [-0.2, 0) is 5.75 Å². The van der Waals surface area contributed by atoms with Crippen LogP contribution in [-0.4, -0.2) is 0 Å². The highest BCUT2D eigenvalue weighted by atomic mass is 79.9. The van der Waals surface area contributed by atoms with E-state index >= 15 is 0 Å². The van der Waals surface area contributed by atoms with Crippen molar-refractivity contribution in [2.24, 2.45) is 0 Å². The van der Waals surface area contributed by atoms with Gasteiger partial charge < -0.3 is 0 Å². The molecule has 18 heavy (non-hydrogen) atoms. The van der Waals surface area contributed by atoms with Crippen molar-refractivity contribution in [1.29, 1.82) is 0 Å². The van der Waals surface area contributed by atoms with E-state index in [9.17, 15) is 0 Å². The Kier molecular flexibility index (Phi) is 4.90. The molecule has 0 heterocycles. The smallest absolute Gasteiger partial charge is 0.0232 e. The van der Waals surface area contributed by atoms with Crippen LogP contribution in [0.1, 0.15) is 30.9 Å². The monoisotopic (exact) mass is 320 g/mol. The molecule has 0 saturated heterocycles. The zero-order valence-corrected chi connectivity index (χ0v) is 13.1. The molecular weight excluding hydrogens is 304 g/mol. The Morgan fingerprint density at radius 3 is 2.11 bits per heavy atom. The van der Waals surface area contributed by atoms with Crippen LogP contribution in [0.5, 0.6) is 0 Å². The summed E-state index contributed by atoms with van der Waals surface area (Å²) in [6.07, 6.45) is 0. The van der Waals surface area contributed by atoms with Crippen LogP contribution >= 0.6 is 27.7 Å². The lowest BCUT2D eigenvalue weighted by atomic mass is 10.0. The average Bonchev–Trinajstić information content (AvgIpc) is 2.38. The first-order valence-corrected chi connectivity index (χ1v) is 7.90. The van der Waals surface area contributed by atoms with Gasteiger partial charge in [0.25, 0.3) is 0 Å². The van der Waals surface area contributed by atoms with E-state index in [1.54, 1.807) is 0 Å². The molecule has 0 unspecified atom stereocenters. The Bertz CT molecular complexity index is 486. The average molecular weight is 321 g/mol. The van der Waals surface area contributed by atoms with E-state index in [4.69, 9.17) is 0 Å². The highest BCUT2D eigenvalue weighted by Crippen LogP contribution is 2.25. The molecule has 2 heteroatoms. The van der Waals surface area contributed by atoms with Gasteiger partial charge in [-0.25, -0.2) is 0 Å². The van der Waals surface area contributed by atoms with E-state index in [1.807, 2.05) is 11.8 Å². The molecule has 0 aliphatic heterocycles. The minimum Gasteiger partial charge on any atom is -0.121 e. The molecule has 0 amide bonds. The van der Waals surface area contributed by atoms with Crippen molar-refractivity contribution in [2.45, 2.75) is 30.4 Å². The third-order valence-corrected chi connectivity index (χ3v) is 4.48. The van der Waals surface area contributed by atoms with Crippen LogP contribution in [0, 0.1) is 0 Å². The molecule has 0 aliphatic rings. The van der Waals surface area contributed by atoms with Crippen molar-refractivity contribution in [3.05, 3.63) is 64.1 Å². The normalized spacial score (nSPS) is 10.9. The second-order valence-corrected chi connectivity index (χ2v) is 6.60. The summed E-state index contributed by atoms with van der Waals surface area (Å²) in [5.74, 6) is 1.63. The molecule has 0 nitrogen and oxygen atoms in total. The number of thioether (sulfide) groups is 1. The van der Waals surface area contributed by atoms with Crippen molar-refractivity contribution in [1.82, 2.24) is 0 Å². The molecule has 0 atom stereocenters. The number of benzene rings is 2. The van der Waals surface area contributed by atoms with Gasteiger partial charge in [0.15, 0.2) is 0 Å². The highest BCUT2D eigenvalue weighted by molar-refractivity contribution is 9.10. The van der Waals surface area contributed by atoms with Gasteiger partial charge in [0.1, 0.15) is 0 Å². The molecule has 0 spiro atoms. The van der Waals surface area contributed by atoms with E-state index in [2.05, 4.69) is 78.3 Å². The van der Waals surface area contributed by atoms with E-state index in [-0.39, 0.29) is 0 Å². The summed E-state index contributed by atoms with van der Waals surface area (Å²) >= 11 is 5.34. The molecule has 94 valence electrons. The van der Waals surface area contributed by atoms with E-state index in [0.717, 1.165) is 10.2 Å². The van der Waals surface area contributed by atoms with Gasteiger partial charge in [-0.15, -0.1) is 11.8 Å². The van der Waals surface area contributed by atoms with Gasteiger partial charge in [0.2, 0.25) is 0 Å². The van der Waals surface area contributed by atoms with Crippen LogP contribution in [0.3, 0.4) is 0 Å². The summed E-state index contributed by atoms with van der Waals surface area (Å²) in [6, 6.07) is 17.4. The molecule has 0 radical (unpaired) electrons. The third-order valence-electron chi connectivity index (χ3n) is 2.87. The summed E-state index contributed by atoms with van der Waals surface area (Å²) in [4.78, 5) is 1.34. The minimum absolute atomic E-state index is 0.607. The molecule has 0 aromatic heterocycles. The fraction of sp³-hybridized carbons (Fsp3) is 0.250. The Morgan fingerprint density at radius 1 is 0.944 bits per heavy atom. The lowest BCUT2D eigenvalue weighted by Crippen LogP contribution is -1.86. The number of hydrogen-bond acceptors (Lipinski definition) is 1. The van der Waals surface area contributed by atoms with Gasteiger partial charge >= 0.3 is 0 Å². The molecular formula is C16H17BrS. The molecule has 0 saturated carbocycles.